The number of aryl methyl sites for hydroxylation is 1. The van der Waals surface area contributed by atoms with Gasteiger partial charge in [0, 0.05) is 4.90 Å². The number of nitrogen functional groups attached to an aromatic ring is 1. The van der Waals surface area contributed by atoms with Crippen LogP contribution in [0.2, 0.25) is 5.15 Å². The van der Waals surface area contributed by atoms with Crippen molar-refractivity contribution in [1.29, 1.82) is 0 Å². The average Bonchev–Trinajstić information content (AvgIpc) is 2.28. The van der Waals surface area contributed by atoms with Crippen molar-refractivity contribution in [3.63, 3.8) is 0 Å². The van der Waals surface area contributed by atoms with Crippen LogP contribution >= 0.6 is 23.4 Å². The first kappa shape index (κ1) is 11.2. The van der Waals surface area contributed by atoms with Gasteiger partial charge in [-0.05, 0) is 18.6 Å². The lowest BCUT2D eigenvalue weighted by Gasteiger charge is -2.06. The van der Waals surface area contributed by atoms with Gasteiger partial charge < -0.3 is 5.73 Å². The van der Waals surface area contributed by atoms with E-state index in [2.05, 4.69) is 9.97 Å². The van der Waals surface area contributed by atoms with Crippen LogP contribution in [0, 0.1) is 6.92 Å². The van der Waals surface area contributed by atoms with Gasteiger partial charge >= 0.3 is 0 Å². The minimum atomic E-state index is 0.297. The SMILES string of the molecule is Cc1ccccc1Sc1ncnc(Cl)c1N. The third-order valence-corrected chi connectivity index (χ3v) is 3.60. The van der Waals surface area contributed by atoms with Crippen LogP contribution in [-0.4, -0.2) is 9.97 Å². The van der Waals surface area contributed by atoms with E-state index in [9.17, 15) is 0 Å². The minimum absolute atomic E-state index is 0.297. The number of hydrogen-bond acceptors (Lipinski definition) is 4. The maximum absolute atomic E-state index is 5.83. The van der Waals surface area contributed by atoms with Gasteiger partial charge in [0.25, 0.3) is 0 Å². The maximum Gasteiger partial charge on any atom is 0.156 e. The molecule has 0 unspecified atom stereocenters. The molecule has 2 N–H and O–H groups in total. The van der Waals surface area contributed by atoms with Gasteiger partial charge in [0.1, 0.15) is 17.0 Å². The van der Waals surface area contributed by atoms with Crippen LogP contribution in [0.25, 0.3) is 0 Å². The molecule has 0 aliphatic rings. The summed E-state index contributed by atoms with van der Waals surface area (Å²) < 4.78 is 0. The molecule has 5 heteroatoms. The molecule has 2 aromatic rings. The fourth-order valence-electron chi connectivity index (χ4n) is 1.22. The Hall–Kier alpha value is -1.26. The molecule has 0 saturated heterocycles. The van der Waals surface area contributed by atoms with E-state index in [4.69, 9.17) is 17.3 Å². The summed E-state index contributed by atoms with van der Waals surface area (Å²) >= 11 is 7.32. The second kappa shape index (κ2) is 4.72. The summed E-state index contributed by atoms with van der Waals surface area (Å²) in [5.41, 5.74) is 7.41. The van der Waals surface area contributed by atoms with Crippen molar-refractivity contribution in [3.05, 3.63) is 41.3 Å². The number of aromatic nitrogens is 2. The molecule has 0 spiro atoms. The first-order valence-corrected chi connectivity index (χ1v) is 5.87. The van der Waals surface area contributed by atoms with Crippen molar-refractivity contribution in [2.75, 3.05) is 5.73 Å². The summed E-state index contributed by atoms with van der Waals surface area (Å²) in [6.07, 6.45) is 1.42. The Balaban J connectivity index is 2.35. The van der Waals surface area contributed by atoms with Gasteiger partial charge in [0.15, 0.2) is 5.15 Å². The number of rotatable bonds is 2. The topological polar surface area (TPSA) is 51.8 Å². The van der Waals surface area contributed by atoms with Gasteiger partial charge in [-0.15, -0.1) is 0 Å². The van der Waals surface area contributed by atoms with Gasteiger partial charge in [-0.1, -0.05) is 41.6 Å². The van der Waals surface area contributed by atoms with Crippen LogP contribution < -0.4 is 5.73 Å². The normalized spacial score (nSPS) is 10.4. The van der Waals surface area contributed by atoms with Crippen LogP contribution in [0.4, 0.5) is 5.69 Å². The van der Waals surface area contributed by atoms with Crippen molar-refractivity contribution < 1.29 is 0 Å². The fourth-order valence-corrected chi connectivity index (χ4v) is 2.30. The van der Waals surface area contributed by atoms with E-state index in [-0.39, 0.29) is 0 Å². The number of nitrogens with zero attached hydrogens (tertiary/aromatic N) is 2. The number of hydrogen-bond donors (Lipinski definition) is 1. The van der Waals surface area contributed by atoms with E-state index in [0.717, 1.165) is 4.90 Å². The van der Waals surface area contributed by atoms with E-state index < -0.39 is 0 Å². The first-order chi connectivity index (χ1) is 7.68. The summed E-state index contributed by atoms with van der Waals surface area (Å²) in [5, 5.41) is 0.986. The molecular weight excluding hydrogens is 242 g/mol. The van der Waals surface area contributed by atoms with Crippen LogP contribution in [0.3, 0.4) is 0 Å². The molecule has 0 radical (unpaired) electrons. The maximum atomic E-state index is 5.83. The zero-order chi connectivity index (χ0) is 11.5. The average molecular weight is 252 g/mol. The second-order valence-corrected chi connectivity index (χ2v) is 4.64. The highest BCUT2D eigenvalue weighted by Gasteiger charge is 2.08. The van der Waals surface area contributed by atoms with Gasteiger partial charge in [0.05, 0.1) is 0 Å². The second-order valence-electron chi connectivity index (χ2n) is 3.25. The molecule has 1 aromatic carbocycles. The van der Waals surface area contributed by atoms with Crippen molar-refractivity contribution >= 4 is 29.1 Å². The highest BCUT2D eigenvalue weighted by Crippen LogP contribution is 2.34. The molecule has 0 amide bonds. The summed E-state index contributed by atoms with van der Waals surface area (Å²) in [7, 11) is 0. The zero-order valence-electron chi connectivity index (χ0n) is 8.64. The van der Waals surface area contributed by atoms with E-state index in [1.165, 1.54) is 23.7 Å². The zero-order valence-corrected chi connectivity index (χ0v) is 10.2. The number of benzene rings is 1. The van der Waals surface area contributed by atoms with Crippen LogP contribution in [0.15, 0.2) is 40.5 Å². The summed E-state index contributed by atoms with van der Waals surface area (Å²) in [5.74, 6) is 0. The molecule has 3 nitrogen and oxygen atoms in total. The van der Waals surface area contributed by atoms with Gasteiger partial charge in [0.2, 0.25) is 0 Å². The van der Waals surface area contributed by atoms with Crippen LogP contribution in [-0.2, 0) is 0 Å². The van der Waals surface area contributed by atoms with Gasteiger partial charge in [-0.3, -0.25) is 0 Å². The van der Waals surface area contributed by atoms with Gasteiger partial charge in [-0.25, -0.2) is 9.97 Å². The molecule has 0 aliphatic carbocycles. The largest absolute Gasteiger partial charge is 0.394 e. The first-order valence-electron chi connectivity index (χ1n) is 4.68. The number of nitrogens with two attached hydrogens (primary N) is 1. The molecule has 0 saturated carbocycles. The van der Waals surface area contributed by atoms with Crippen molar-refractivity contribution in [2.45, 2.75) is 16.8 Å². The summed E-state index contributed by atoms with van der Waals surface area (Å²) in [6, 6.07) is 8.04. The lowest BCUT2D eigenvalue weighted by molar-refractivity contribution is 1.05. The van der Waals surface area contributed by atoms with Gasteiger partial charge in [-0.2, -0.15) is 0 Å². The standard InChI is InChI=1S/C11H10ClN3S/c1-7-4-2-3-5-8(7)16-11-9(13)10(12)14-6-15-11/h2-6H,13H2,1H3. The van der Waals surface area contributed by atoms with Crippen molar-refractivity contribution in [2.24, 2.45) is 0 Å². The Morgan fingerprint density at radius 3 is 2.75 bits per heavy atom. The van der Waals surface area contributed by atoms with Crippen LogP contribution in [0.1, 0.15) is 5.56 Å². The van der Waals surface area contributed by atoms with E-state index in [1.807, 2.05) is 31.2 Å². The molecule has 16 heavy (non-hydrogen) atoms. The van der Waals surface area contributed by atoms with E-state index in [0.29, 0.717) is 15.9 Å². The summed E-state index contributed by atoms with van der Waals surface area (Å²) in [4.78, 5) is 9.05. The summed E-state index contributed by atoms with van der Waals surface area (Å²) in [6.45, 7) is 2.04. The van der Waals surface area contributed by atoms with Crippen LogP contribution in [0.5, 0.6) is 0 Å². The van der Waals surface area contributed by atoms with E-state index >= 15 is 0 Å². The Kier molecular flexibility index (Phi) is 3.31. The highest BCUT2D eigenvalue weighted by molar-refractivity contribution is 7.99. The van der Waals surface area contributed by atoms with Crippen molar-refractivity contribution in [3.8, 4) is 0 Å². The molecule has 0 bridgehead atoms. The molecule has 0 atom stereocenters. The fraction of sp³-hybridized carbons (Fsp3) is 0.0909. The monoisotopic (exact) mass is 251 g/mol. The highest BCUT2D eigenvalue weighted by atomic mass is 35.5. The minimum Gasteiger partial charge on any atom is -0.394 e. The lowest BCUT2D eigenvalue weighted by Crippen LogP contribution is -1.95. The molecule has 0 aliphatic heterocycles. The molecule has 2 rings (SSSR count). The molecule has 1 heterocycles. The number of anilines is 1. The predicted octanol–water partition coefficient (Wildman–Crippen LogP) is 3.17. The third kappa shape index (κ3) is 2.28. The lowest BCUT2D eigenvalue weighted by atomic mass is 10.2. The molecule has 1 aromatic heterocycles. The Labute approximate surface area is 103 Å². The smallest absolute Gasteiger partial charge is 0.156 e. The Morgan fingerprint density at radius 2 is 2.00 bits per heavy atom. The predicted molar refractivity (Wildman–Crippen MR) is 66.8 cm³/mol. The third-order valence-electron chi connectivity index (χ3n) is 2.10. The Morgan fingerprint density at radius 1 is 1.25 bits per heavy atom. The van der Waals surface area contributed by atoms with E-state index in [1.54, 1.807) is 0 Å². The Bertz CT molecular complexity index is 516. The molecule has 82 valence electrons. The molecule has 0 fully saturated rings. The number of halogens is 1. The molecular formula is C11H10ClN3S. The van der Waals surface area contributed by atoms with Crippen molar-refractivity contribution in [1.82, 2.24) is 9.97 Å². The quantitative estimate of drug-likeness (QED) is 0.833.